The van der Waals surface area contributed by atoms with E-state index in [0.717, 1.165) is 18.2 Å². The molecule has 0 unspecified atom stereocenters. The lowest BCUT2D eigenvalue weighted by atomic mass is 10.0. The van der Waals surface area contributed by atoms with Gasteiger partial charge in [0.25, 0.3) is 0 Å². The number of unbranched alkanes of at least 4 members (excludes halogenated alkanes) is 1. The maximum atomic E-state index is 4.27. The molecule has 2 heteroatoms. The monoisotopic (exact) mass is 208 g/mol. The Morgan fingerprint density at radius 1 is 1.47 bits per heavy atom. The molecule has 86 valence electrons. The normalized spacial score (nSPS) is 17.3. The Labute approximate surface area is 94.4 Å². The second kappa shape index (κ2) is 8.27. The van der Waals surface area contributed by atoms with Gasteiger partial charge in [0.05, 0.1) is 0 Å². The molecule has 1 aliphatic rings. The third-order valence-corrected chi connectivity index (χ3v) is 2.34. The number of nitrogens with zero attached hydrogens (tertiary/aromatic N) is 2. The lowest BCUT2D eigenvalue weighted by Gasteiger charge is -2.38. The highest BCUT2D eigenvalue weighted by Crippen LogP contribution is 2.15. The van der Waals surface area contributed by atoms with Gasteiger partial charge < -0.3 is 4.90 Å². The van der Waals surface area contributed by atoms with Gasteiger partial charge in [-0.3, -0.25) is 4.99 Å². The molecule has 0 aromatic rings. The van der Waals surface area contributed by atoms with E-state index in [-0.39, 0.29) is 0 Å². The lowest BCUT2D eigenvalue weighted by Crippen LogP contribution is -2.48. The first-order valence-electron chi connectivity index (χ1n) is 5.66. The summed E-state index contributed by atoms with van der Waals surface area (Å²) in [5, 5.41) is 0. The molecule has 0 atom stereocenters. The van der Waals surface area contributed by atoms with Gasteiger partial charge in [-0.05, 0) is 18.4 Å². The van der Waals surface area contributed by atoms with Crippen molar-refractivity contribution >= 4 is 5.84 Å². The second-order valence-electron chi connectivity index (χ2n) is 3.78. The molecule has 0 amide bonds. The number of allylic oxidation sites excluding steroid dienone is 1. The van der Waals surface area contributed by atoms with Crippen LogP contribution in [0.3, 0.4) is 0 Å². The van der Waals surface area contributed by atoms with E-state index < -0.39 is 0 Å². The minimum Gasteiger partial charge on any atom is -0.356 e. The summed E-state index contributed by atoms with van der Waals surface area (Å²) >= 11 is 0. The fourth-order valence-corrected chi connectivity index (χ4v) is 1.56. The molecule has 0 N–H and O–H groups in total. The minimum absolute atomic E-state index is 0.844. The number of rotatable bonds is 3. The molecule has 0 bridgehead atoms. The Morgan fingerprint density at radius 3 is 2.47 bits per heavy atom. The van der Waals surface area contributed by atoms with Crippen LogP contribution >= 0.6 is 0 Å². The van der Waals surface area contributed by atoms with Gasteiger partial charge in [0.1, 0.15) is 5.84 Å². The summed E-state index contributed by atoms with van der Waals surface area (Å²) in [4.78, 5) is 6.60. The molecule has 1 rings (SSSR count). The van der Waals surface area contributed by atoms with E-state index in [2.05, 4.69) is 49.0 Å². The smallest absolute Gasteiger partial charge is 0.122 e. The van der Waals surface area contributed by atoms with Gasteiger partial charge in [-0.15, -0.1) is 13.2 Å². The van der Waals surface area contributed by atoms with Crippen LogP contribution in [0.2, 0.25) is 0 Å². The number of amidine groups is 1. The van der Waals surface area contributed by atoms with E-state index in [0.29, 0.717) is 0 Å². The van der Waals surface area contributed by atoms with Crippen molar-refractivity contribution in [3.05, 3.63) is 25.3 Å². The highest BCUT2D eigenvalue weighted by atomic mass is 15.2. The van der Waals surface area contributed by atoms with Crippen LogP contribution in [0, 0.1) is 5.92 Å². The van der Waals surface area contributed by atoms with Gasteiger partial charge in [-0.1, -0.05) is 26.3 Å². The summed E-state index contributed by atoms with van der Waals surface area (Å²) in [6, 6.07) is 0. The average molecular weight is 208 g/mol. The van der Waals surface area contributed by atoms with E-state index in [4.69, 9.17) is 0 Å². The highest BCUT2D eigenvalue weighted by Gasteiger charge is 2.23. The third-order valence-electron chi connectivity index (χ3n) is 2.34. The summed E-state index contributed by atoms with van der Waals surface area (Å²) in [7, 11) is 1.87. The summed E-state index contributed by atoms with van der Waals surface area (Å²) in [6.07, 6.45) is 6.73. The number of aliphatic imine (C=N–C) groups is 1. The summed E-state index contributed by atoms with van der Waals surface area (Å²) in [5.41, 5.74) is 0. The molecule has 1 heterocycles. The highest BCUT2D eigenvalue weighted by molar-refractivity contribution is 5.93. The predicted molar refractivity (Wildman–Crippen MR) is 69.4 cm³/mol. The predicted octanol–water partition coefficient (Wildman–Crippen LogP) is 3.12. The Hall–Kier alpha value is -1.05. The third kappa shape index (κ3) is 4.82. The Morgan fingerprint density at radius 2 is 2.07 bits per heavy atom. The average Bonchev–Trinajstić information content (AvgIpc) is 2.24. The van der Waals surface area contributed by atoms with Gasteiger partial charge in [0.15, 0.2) is 0 Å². The first-order valence-corrected chi connectivity index (χ1v) is 5.66. The van der Waals surface area contributed by atoms with E-state index in [1.54, 1.807) is 0 Å². The Kier molecular flexibility index (Phi) is 7.69. The molecule has 1 fully saturated rings. The summed E-state index contributed by atoms with van der Waals surface area (Å²) in [5.74, 6) is 1.99. The van der Waals surface area contributed by atoms with E-state index >= 15 is 0 Å². The number of hydrogen-bond acceptors (Lipinski definition) is 1. The SMILES string of the molecule is C=C.CCC/C=C\C(=NC)N1CC(C)C1. The molecular formula is C13H24N2. The molecule has 15 heavy (non-hydrogen) atoms. The zero-order valence-corrected chi connectivity index (χ0v) is 10.4. The molecule has 0 saturated carbocycles. The second-order valence-corrected chi connectivity index (χ2v) is 3.78. The summed E-state index contributed by atoms with van der Waals surface area (Å²) in [6.45, 7) is 12.8. The fourth-order valence-electron chi connectivity index (χ4n) is 1.56. The molecule has 1 saturated heterocycles. The van der Waals surface area contributed by atoms with E-state index in [1.807, 2.05) is 7.05 Å². The lowest BCUT2D eigenvalue weighted by molar-refractivity contribution is 0.206. The van der Waals surface area contributed by atoms with Crippen molar-refractivity contribution in [2.45, 2.75) is 26.7 Å². The number of hydrogen-bond donors (Lipinski definition) is 0. The van der Waals surface area contributed by atoms with Crippen molar-refractivity contribution in [2.75, 3.05) is 20.1 Å². The van der Waals surface area contributed by atoms with Gasteiger partial charge in [-0.25, -0.2) is 0 Å². The first-order chi connectivity index (χ1) is 7.27. The van der Waals surface area contributed by atoms with Crippen LogP contribution in [0.4, 0.5) is 0 Å². The largest absolute Gasteiger partial charge is 0.356 e. The van der Waals surface area contributed by atoms with Crippen LogP contribution in [-0.4, -0.2) is 30.9 Å². The van der Waals surface area contributed by atoms with Gasteiger partial charge >= 0.3 is 0 Å². The van der Waals surface area contributed by atoms with E-state index in [1.165, 1.54) is 19.5 Å². The maximum absolute atomic E-state index is 4.27. The van der Waals surface area contributed by atoms with Crippen LogP contribution in [-0.2, 0) is 0 Å². The van der Waals surface area contributed by atoms with Gasteiger partial charge in [0, 0.05) is 20.1 Å². The van der Waals surface area contributed by atoms with Crippen LogP contribution in [0.5, 0.6) is 0 Å². The molecule has 2 nitrogen and oxygen atoms in total. The van der Waals surface area contributed by atoms with Crippen LogP contribution in [0.1, 0.15) is 26.7 Å². The summed E-state index contributed by atoms with van der Waals surface area (Å²) < 4.78 is 0. The molecule has 0 aromatic carbocycles. The maximum Gasteiger partial charge on any atom is 0.122 e. The zero-order chi connectivity index (χ0) is 11.7. The fraction of sp³-hybridized carbons (Fsp3) is 0.615. The first kappa shape index (κ1) is 13.9. The van der Waals surface area contributed by atoms with Crippen molar-refractivity contribution in [2.24, 2.45) is 10.9 Å². The number of likely N-dealkylation sites (tertiary alicyclic amines) is 1. The van der Waals surface area contributed by atoms with Crippen LogP contribution in [0.25, 0.3) is 0 Å². The van der Waals surface area contributed by atoms with E-state index in [9.17, 15) is 0 Å². The Balaban J connectivity index is 0.000000921. The van der Waals surface area contributed by atoms with Crippen molar-refractivity contribution < 1.29 is 0 Å². The molecule has 1 aliphatic heterocycles. The standard InChI is InChI=1S/C11H20N2.C2H4/c1-4-5-6-7-11(12-3)13-8-10(2)9-13;1-2/h6-7,10H,4-5,8-9H2,1-3H3;1-2H2/b7-6-,12-11?;. The van der Waals surface area contributed by atoms with Crippen molar-refractivity contribution in [1.82, 2.24) is 4.90 Å². The van der Waals surface area contributed by atoms with Crippen molar-refractivity contribution in [3.8, 4) is 0 Å². The Bertz CT molecular complexity index is 213. The van der Waals surface area contributed by atoms with Gasteiger partial charge in [-0.2, -0.15) is 0 Å². The minimum atomic E-state index is 0.844. The molecule has 0 spiro atoms. The quantitative estimate of drug-likeness (QED) is 0.395. The van der Waals surface area contributed by atoms with Crippen LogP contribution < -0.4 is 0 Å². The molecule has 0 radical (unpaired) electrons. The zero-order valence-electron chi connectivity index (χ0n) is 10.4. The van der Waals surface area contributed by atoms with Crippen molar-refractivity contribution in [1.29, 1.82) is 0 Å². The molecule has 0 aromatic heterocycles. The molecule has 0 aliphatic carbocycles. The van der Waals surface area contributed by atoms with Crippen LogP contribution in [0.15, 0.2) is 30.3 Å². The van der Waals surface area contributed by atoms with Gasteiger partial charge in [0.2, 0.25) is 0 Å². The molecular weight excluding hydrogens is 184 g/mol. The topological polar surface area (TPSA) is 15.6 Å². The van der Waals surface area contributed by atoms with Crippen molar-refractivity contribution in [3.63, 3.8) is 0 Å².